The van der Waals surface area contributed by atoms with Crippen molar-refractivity contribution < 1.29 is 13.2 Å². The molecule has 3 heterocycles. The van der Waals surface area contributed by atoms with Gasteiger partial charge in [0.2, 0.25) is 0 Å². The van der Waals surface area contributed by atoms with Crippen LogP contribution in [-0.4, -0.2) is 48.9 Å². The van der Waals surface area contributed by atoms with Crippen LogP contribution in [0.4, 0.5) is 0 Å². The van der Waals surface area contributed by atoms with E-state index < -0.39 is 10.2 Å². The maximum atomic E-state index is 13.1. The van der Waals surface area contributed by atoms with Crippen molar-refractivity contribution in [3.63, 3.8) is 0 Å². The Morgan fingerprint density at radius 3 is 2.86 bits per heavy atom. The van der Waals surface area contributed by atoms with Crippen LogP contribution in [0, 0.1) is 0 Å². The summed E-state index contributed by atoms with van der Waals surface area (Å²) in [6, 6.07) is 3.92. The molecule has 2 aliphatic heterocycles. The SMILES string of the molecule is C[C@@H]1CN(S(=O)(=O)N2CCC[C@H]2c2cccs2)[C@H](C)CO1. The number of thiophene rings is 1. The summed E-state index contributed by atoms with van der Waals surface area (Å²) in [7, 11) is -3.43. The lowest BCUT2D eigenvalue weighted by Gasteiger charge is -2.39. The molecule has 3 atom stereocenters. The van der Waals surface area contributed by atoms with Gasteiger partial charge in [-0.3, -0.25) is 0 Å². The van der Waals surface area contributed by atoms with Gasteiger partial charge in [-0.25, -0.2) is 0 Å². The Hall–Kier alpha value is -0.470. The van der Waals surface area contributed by atoms with Crippen molar-refractivity contribution in [2.24, 2.45) is 0 Å². The van der Waals surface area contributed by atoms with Gasteiger partial charge >= 0.3 is 0 Å². The fraction of sp³-hybridized carbons (Fsp3) is 0.714. The molecule has 1 aromatic rings. The zero-order valence-corrected chi connectivity index (χ0v) is 14.1. The summed E-state index contributed by atoms with van der Waals surface area (Å²) in [5.74, 6) is 0. The number of hydrogen-bond donors (Lipinski definition) is 0. The number of nitrogens with zero attached hydrogens (tertiary/aromatic N) is 2. The first-order valence-electron chi connectivity index (χ1n) is 7.44. The number of rotatable bonds is 3. The van der Waals surface area contributed by atoms with E-state index in [1.54, 1.807) is 19.9 Å². The second-order valence-electron chi connectivity index (χ2n) is 5.85. The largest absolute Gasteiger partial charge is 0.375 e. The molecule has 0 radical (unpaired) electrons. The highest BCUT2D eigenvalue weighted by molar-refractivity contribution is 7.86. The molecule has 0 bridgehead atoms. The van der Waals surface area contributed by atoms with Gasteiger partial charge < -0.3 is 4.74 Å². The van der Waals surface area contributed by atoms with Crippen molar-refractivity contribution in [3.05, 3.63) is 22.4 Å². The lowest BCUT2D eigenvalue weighted by atomic mass is 10.2. The Morgan fingerprint density at radius 2 is 2.14 bits per heavy atom. The van der Waals surface area contributed by atoms with Crippen molar-refractivity contribution in [3.8, 4) is 0 Å². The normalized spacial score (nSPS) is 32.6. The van der Waals surface area contributed by atoms with Gasteiger partial charge in [0, 0.05) is 24.0 Å². The average molecular weight is 330 g/mol. The lowest BCUT2D eigenvalue weighted by Crippen LogP contribution is -2.54. The molecule has 0 amide bonds. The van der Waals surface area contributed by atoms with Gasteiger partial charge in [-0.1, -0.05) is 6.07 Å². The van der Waals surface area contributed by atoms with Crippen LogP contribution in [0.15, 0.2) is 17.5 Å². The molecule has 2 fully saturated rings. The van der Waals surface area contributed by atoms with E-state index in [0.717, 1.165) is 17.7 Å². The van der Waals surface area contributed by atoms with Gasteiger partial charge in [0.25, 0.3) is 10.2 Å². The molecule has 118 valence electrons. The quantitative estimate of drug-likeness (QED) is 0.854. The van der Waals surface area contributed by atoms with Crippen LogP contribution < -0.4 is 0 Å². The molecule has 0 saturated carbocycles. The number of hydrogen-bond acceptors (Lipinski definition) is 4. The minimum atomic E-state index is -3.43. The Labute approximate surface area is 130 Å². The summed E-state index contributed by atoms with van der Waals surface area (Å²) in [6.07, 6.45) is 1.79. The molecule has 0 aliphatic carbocycles. The summed E-state index contributed by atoms with van der Waals surface area (Å²) in [6.45, 7) is 5.37. The van der Waals surface area contributed by atoms with Gasteiger partial charge in [-0.2, -0.15) is 17.0 Å². The monoisotopic (exact) mass is 330 g/mol. The van der Waals surface area contributed by atoms with Crippen molar-refractivity contribution in [2.75, 3.05) is 19.7 Å². The lowest BCUT2D eigenvalue weighted by molar-refractivity contribution is -0.0192. The third-order valence-corrected chi connectivity index (χ3v) is 7.32. The summed E-state index contributed by atoms with van der Waals surface area (Å²) in [5.41, 5.74) is 0. The molecule has 5 nitrogen and oxygen atoms in total. The molecule has 0 aromatic carbocycles. The van der Waals surface area contributed by atoms with E-state index in [-0.39, 0.29) is 18.2 Å². The Bertz CT molecular complexity index is 573. The highest BCUT2D eigenvalue weighted by Gasteiger charge is 2.42. The standard InChI is InChI=1S/C14H22N2O3S2/c1-11-10-19-12(2)9-16(11)21(17,18)15-7-3-5-13(15)14-6-4-8-20-14/h4,6,8,11-13H,3,5,7,9-10H2,1-2H3/t11-,12-,13+/m1/s1. The molecule has 1 aromatic heterocycles. The third-order valence-electron chi connectivity index (χ3n) is 4.22. The minimum absolute atomic E-state index is 0.000325. The summed E-state index contributed by atoms with van der Waals surface area (Å²) in [5, 5.41) is 2.01. The zero-order chi connectivity index (χ0) is 15.0. The van der Waals surface area contributed by atoms with Crippen LogP contribution in [0.5, 0.6) is 0 Å². The number of ether oxygens (including phenoxy) is 1. The molecule has 3 rings (SSSR count). The van der Waals surface area contributed by atoms with Crippen molar-refractivity contribution >= 4 is 21.5 Å². The Kier molecular flexibility index (Phi) is 4.38. The Balaban J connectivity index is 1.86. The zero-order valence-electron chi connectivity index (χ0n) is 12.4. The van der Waals surface area contributed by atoms with Crippen LogP contribution in [0.3, 0.4) is 0 Å². The van der Waals surface area contributed by atoms with E-state index in [0.29, 0.717) is 19.7 Å². The van der Waals surface area contributed by atoms with Gasteiger partial charge in [-0.05, 0) is 38.1 Å². The maximum Gasteiger partial charge on any atom is 0.282 e. The molecule has 0 spiro atoms. The smallest absolute Gasteiger partial charge is 0.282 e. The van der Waals surface area contributed by atoms with Gasteiger partial charge in [0.05, 0.1) is 18.8 Å². The highest BCUT2D eigenvalue weighted by atomic mass is 32.2. The first-order valence-corrected chi connectivity index (χ1v) is 9.71. The van der Waals surface area contributed by atoms with Crippen LogP contribution in [-0.2, 0) is 14.9 Å². The van der Waals surface area contributed by atoms with E-state index in [1.807, 2.05) is 31.4 Å². The second-order valence-corrected chi connectivity index (χ2v) is 8.67. The van der Waals surface area contributed by atoms with Gasteiger partial charge in [0.1, 0.15) is 0 Å². The second kappa shape index (κ2) is 5.96. The average Bonchev–Trinajstić information content (AvgIpc) is 3.10. The van der Waals surface area contributed by atoms with Crippen molar-refractivity contribution in [2.45, 2.75) is 44.9 Å². The topological polar surface area (TPSA) is 49.9 Å². The predicted octanol–water partition coefficient (Wildman–Crippen LogP) is 2.24. The first-order chi connectivity index (χ1) is 10.00. The number of morpholine rings is 1. The van der Waals surface area contributed by atoms with Gasteiger partial charge in [0.15, 0.2) is 0 Å². The van der Waals surface area contributed by atoms with Crippen LogP contribution in [0.2, 0.25) is 0 Å². The first kappa shape index (κ1) is 15.4. The minimum Gasteiger partial charge on any atom is -0.375 e. The van der Waals surface area contributed by atoms with Gasteiger partial charge in [-0.15, -0.1) is 11.3 Å². The van der Waals surface area contributed by atoms with E-state index in [1.165, 1.54) is 0 Å². The molecular formula is C14H22N2O3S2. The van der Waals surface area contributed by atoms with E-state index in [4.69, 9.17) is 4.74 Å². The predicted molar refractivity (Wildman–Crippen MR) is 83.5 cm³/mol. The van der Waals surface area contributed by atoms with E-state index in [2.05, 4.69) is 0 Å². The fourth-order valence-electron chi connectivity index (χ4n) is 3.11. The van der Waals surface area contributed by atoms with Crippen LogP contribution in [0.1, 0.15) is 37.6 Å². The fourth-order valence-corrected chi connectivity index (χ4v) is 6.13. The molecule has 21 heavy (non-hydrogen) atoms. The molecule has 0 unspecified atom stereocenters. The molecule has 2 aliphatic rings. The van der Waals surface area contributed by atoms with Crippen molar-refractivity contribution in [1.82, 2.24) is 8.61 Å². The van der Waals surface area contributed by atoms with E-state index in [9.17, 15) is 8.42 Å². The molecule has 7 heteroatoms. The highest BCUT2D eigenvalue weighted by Crippen LogP contribution is 2.38. The maximum absolute atomic E-state index is 13.1. The van der Waals surface area contributed by atoms with Crippen LogP contribution in [0.25, 0.3) is 0 Å². The van der Waals surface area contributed by atoms with E-state index >= 15 is 0 Å². The molecule has 2 saturated heterocycles. The molecular weight excluding hydrogens is 308 g/mol. The molecule has 0 N–H and O–H groups in total. The van der Waals surface area contributed by atoms with Crippen molar-refractivity contribution in [1.29, 1.82) is 0 Å². The Morgan fingerprint density at radius 1 is 1.33 bits per heavy atom. The summed E-state index contributed by atoms with van der Waals surface area (Å²) < 4.78 is 35.0. The van der Waals surface area contributed by atoms with Crippen LogP contribution >= 0.6 is 11.3 Å². The third kappa shape index (κ3) is 2.90. The summed E-state index contributed by atoms with van der Waals surface area (Å²) in [4.78, 5) is 1.14. The summed E-state index contributed by atoms with van der Waals surface area (Å²) >= 11 is 1.64.